The molecule has 3 rings (SSSR count). The number of rotatable bonds is 7. The van der Waals surface area contributed by atoms with Crippen LogP contribution >= 0.6 is 11.3 Å². The molecule has 3 aromatic rings. The number of carbonyl (C=O) groups excluding carboxylic acids is 1. The molecule has 0 saturated heterocycles. The molecule has 1 amide bonds. The summed E-state index contributed by atoms with van der Waals surface area (Å²) in [7, 11) is 1.39. The molecule has 0 saturated carbocycles. The Morgan fingerprint density at radius 2 is 1.93 bits per heavy atom. The second-order valence-electron chi connectivity index (χ2n) is 6.47. The van der Waals surface area contributed by atoms with Crippen LogP contribution in [0.5, 0.6) is 11.5 Å². The fourth-order valence-electron chi connectivity index (χ4n) is 2.77. The summed E-state index contributed by atoms with van der Waals surface area (Å²) >= 11 is 1.30. The van der Waals surface area contributed by atoms with E-state index in [0.29, 0.717) is 17.2 Å². The van der Waals surface area contributed by atoms with Gasteiger partial charge in [0.05, 0.1) is 28.7 Å². The molecule has 8 heteroatoms. The zero-order valence-corrected chi connectivity index (χ0v) is 17.0. The Morgan fingerprint density at radius 3 is 2.62 bits per heavy atom. The van der Waals surface area contributed by atoms with Crippen LogP contribution in [-0.2, 0) is 6.61 Å². The summed E-state index contributed by atoms with van der Waals surface area (Å²) in [5.41, 5.74) is 3.37. The summed E-state index contributed by atoms with van der Waals surface area (Å²) in [4.78, 5) is 23.4. The van der Waals surface area contributed by atoms with Crippen LogP contribution in [0.25, 0.3) is 0 Å². The molecule has 0 unspecified atom stereocenters. The van der Waals surface area contributed by atoms with Crippen molar-refractivity contribution >= 4 is 28.6 Å². The average molecular weight is 412 g/mol. The highest BCUT2D eigenvalue weighted by atomic mass is 32.1. The number of carbonyl (C=O) groups is 1. The van der Waals surface area contributed by atoms with Crippen molar-refractivity contribution in [3.8, 4) is 11.5 Å². The molecule has 0 radical (unpaired) electrons. The van der Waals surface area contributed by atoms with Crippen LogP contribution in [0.2, 0.25) is 0 Å². The molecule has 0 spiro atoms. The van der Waals surface area contributed by atoms with Gasteiger partial charge in [0.2, 0.25) is 0 Å². The van der Waals surface area contributed by atoms with Crippen LogP contribution in [0, 0.1) is 24.0 Å². The Hall–Kier alpha value is -3.39. The van der Waals surface area contributed by atoms with E-state index in [2.05, 4.69) is 11.4 Å². The quantitative estimate of drug-likeness (QED) is 0.430. The molecule has 1 aromatic heterocycles. The molecule has 1 N–H and O–H groups in total. The fourth-order valence-corrected chi connectivity index (χ4v) is 3.57. The molecule has 1 heterocycles. The monoisotopic (exact) mass is 412 g/mol. The number of benzene rings is 2. The van der Waals surface area contributed by atoms with E-state index in [4.69, 9.17) is 9.47 Å². The highest BCUT2D eigenvalue weighted by Crippen LogP contribution is 2.30. The normalized spacial score (nSPS) is 10.4. The molecule has 0 aliphatic carbocycles. The molecular formula is C21H20N2O5S. The average Bonchev–Trinajstić information content (AvgIpc) is 3.16. The van der Waals surface area contributed by atoms with Crippen molar-refractivity contribution in [2.75, 3.05) is 12.4 Å². The first kappa shape index (κ1) is 20.3. The SMILES string of the molecule is COc1cc([N+](=O)[O-])ccc1NC(=O)c1cc(COc2ccc(C)cc2C)cs1. The first-order chi connectivity index (χ1) is 13.9. The van der Waals surface area contributed by atoms with Gasteiger partial charge in [-0.1, -0.05) is 17.7 Å². The van der Waals surface area contributed by atoms with E-state index in [1.54, 1.807) is 6.07 Å². The van der Waals surface area contributed by atoms with Gasteiger partial charge in [-0.15, -0.1) is 11.3 Å². The van der Waals surface area contributed by atoms with E-state index in [1.165, 1.54) is 42.2 Å². The number of methoxy groups -OCH3 is 1. The number of hydrogen-bond acceptors (Lipinski definition) is 6. The van der Waals surface area contributed by atoms with E-state index in [0.717, 1.165) is 16.9 Å². The van der Waals surface area contributed by atoms with Crippen LogP contribution in [0.15, 0.2) is 47.8 Å². The van der Waals surface area contributed by atoms with Gasteiger partial charge in [0.25, 0.3) is 11.6 Å². The third kappa shape index (κ3) is 4.91. The molecule has 0 fully saturated rings. The number of thiophene rings is 1. The molecule has 2 aromatic carbocycles. The van der Waals surface area contributed by atoms with E-state index < -0.39 is 4.92 Å². The number of amides is 1. The van der Waals surface area contributed by atoms with E-state index >= 15 is 0 Å². The lowest BCUT2D eigenvalue weighted by molar-refractivity contribution is -0.384. The minimum atomic E-state index is -0.518. The van der Waals surface area contributed by atoms with Gasteiger partial charge in [-0.2, -0.15) is 0 Å². The predicted molar refractivity (Wildman–Crippen MR) is 112 cm³/mol. The van der Waals surface area contributed by atoms with E-state index in [9.17, 15) is 14.9 Å². The van der Waals surface area contributed by atoms with Crippen LogP contribution in [0.1, 0.15) is 26.4 Å². The molecule has 0 aliphatic heterocycles. The van der Waals surface area contributed by atoms with Crippen molar-refractivity contribution < 1.29 is 19.2 Å². The number of nitrogens with zero attached hydrogens (tertiary/aromatic N) is 1. The van der Waals surface area contributed by atoms with Gasteiger partial charge in [-0.3, -0.25) is 14.9 Å². The Kier molecular flexibility index (Phi) is 6.13. The Morgan fingerprint density at radius 1 is 1.14 bits per heavy atom. The summed E-state index contributed by atoms with van der Waals surface area (Å²) in [5, 5.41) is 15.5. The highest BCUT2D eigenvalue weighted by Gasteiger charge is 2.16. The summed E-state index contributed by atoms with van der Waals surface area (Å²) in [6.07, 6.45) is 0. The Balaban J connectivity index is 1.67. The highest BCUT2D eigenvalue weighted by molar-refractivity contribution is 7.12. The number of aryl methyl sites for hydroxylation is 2. The number of nitro groups is 1. The smallest absolute Gasteiger partial charge is 0.273 e. The minimum Gasteiger partial charge on any atom is -0.494 e. The van der Waals surface area contributed by atoms with Crippen molar-refractivity contribution in [1.82, 2.24) is 0 Å². The summed E-state index contributed by atoms with van der Waals surface area (Å²) in [6.45, 7) is 4.38. The van der Waals surface area contributed by atoms with Gasteiger partial charge < -0.3 is 14.8 Å². The number of nitrogens with one attached hydrogen (secondary N) is 1. The van der Waals surface area contributed by atoms with Crippen molar-refractivity contribution in [2.45, 2.75) is 20.5 Å². The first-order valence-electron chi connectivity index (χ1n) is 8.78. The number of hydrogen-bond donors (Lipinski definition) is 1. The van der Waals surface area contributed by atoms with E-state index in [-0.39, 0.29) is 17.3 Å². The summed E-state index contributed by atoms with van der Waals surface area (Å²) in [6, 6.07) is 11.8. The van der Waals surface area contributed by atoms with Crippen LogP contribution < -0.4 is 14.8 Å². The van der Waals surface area contributed by atoms with Gasteiger partial charge in [0, 0.05) is 11.6 Å². The number of anilines is 1. The predicted octanol–water partition coefficient (Wildman–Crippen LogP) is 5.11. The molecule has 150 valence electrons. The molecule has 29 heavy (non-hydrogen) atoms. The fraction of sp³-hybridized carbons (Fsp3) is 0.190. The Bertz CT molecular complexity index is 1060. The van der Waals surface area contributed by atoms with Crippen molar-refractivity contribution in [2.24, 2.45) is 0 Å². The Labute approximate surface area is 172 Å². The first-order valence-corrected chi connectivity index (χ1v) is 9.66. The lowest BCUT2D eigenvalue weighted by Gasteiger charge is -2.09. The minimum absolute atomic E-state index is 0.109. The molecule has 0 aliphatic rings. The lowest BCUT2D eigenvalue weighted by Crippen LogP contribution is -2.11. The second-order valence-corrected chi connectivity index (χ2v) is 7.38. The topological polar surface area (TPSA) is 90.7 Å². The van der Waals surface area contributed by atoms with Gasteiger partial charge in [0.1, 0.15) is 18.1 Å². The largest absolute Gasteiger partial charge is 0.494 e. The molecule has 0 bridgehead atoms. The zero-order chi connectivity index (χ0) is 21.0. The third-order valence-corrected chi connectivity index (χ3v) is 5.22. The van der Waals surface area contributed by atoms with Crippen molar-refractivity contribution in [3.63, 3.8) is 0 Å². The third-order valence-electron chi connectivity index (χ3n) is 4.25. The zero-order valence-electron chi connectivity index (χ0n) is 16.2. The molecular weight excluding hydrogens is 392 g/mol. The summed E-state index contributed by atoms with van der Waals surface area (Å²) < 4.78 is 11.0. The van der Waals surface area contributed by atoms with Crippen LogP contribution in [0.3, 0.4) is 0 Å². The van der Waals surface area contributed by atoms with Gasteiger partial charge in [-0.25, -0.2) is 0 Å². The maximum absolute atomic E-state index is 12.5. The standard InChI is InChI=1S/C21H20N2O5S/c1-13-4-7-18(14(2)8-13)28-11-15-9-20(29-12-15)21(24)22-17-6-5-16(23(25)26)10-19(17)27-3/h4-10,12H,11H2,1-3H3,(H,22,24). The molecule has 0 atom stereocenters. The molecule has 7 nitrogen and oxygen atoms in total. The maximum atomic E-state index is 12.5. The van der Waals surface area contributed by atoms with Crippen LogP contribution in [-0.4, -0.2) is 17.9 Å². The van der Waals surface area contributed by atoms with E-state index in [1.807, 2.05) is 31.4 Å². The second kappa shape index (κ2) is 8.74. The maximum Gasteiger partial charge on any atom is 0.273 e. The van der Waals surface area contributed by atoms with Crippen LogP contribution in [0.4, 0.5) is 11.4 Å². The lowest BCUT2D eigenvalue weighted by atomic mass is 10.1. The van der Waals surface area contributed by atoms with Gasteiger partial charge >= 0.3 is 0 Å². The number of ether oxygens (including phenoxy) is 2. The number of non-ortho nitro benzene ring substituents is 1. The van der Waals surface area contributed by atoms with Crippen molar-refractivity contribution in [3.05, 3.63) is 79.5 Å². The number of nitro benzene ring substituents is 1. The summed E-state index contributed by atoms with van der Waals surface area (Å²) in [5.74, 6) is 0.714. The van der Waals surface area contributed by atoms with Gasteiger partial charge in [-0.05, 0) is 43.0 Å². The van der Waals surface area contributed by atoms with Crippen molar-refractivity contribution in [1.29, 1.82) is 0 Å². The van der Waals surface area contributed by atoms with Gasteiger partial charge in [0.15, 0.2) is 0 Å².